The van der Waals surface area contributed by atoms with E-state index in [0.29, 0.717) is 5.69 Å². The molecule has 0 N–H and O–H groups in total. The summed E-state index contributed by atoms with van der Waals surface area (Å²) < 4.78 is 50.1. The number of aryl methyl sites for hydroxylation is 1. The summed E-state index contributed by atoms with van der Waals surface area (Å²) in [5.74, 6) is 0. The van der Waals surface area contributed by atoms with Crippen molar-refractivity contribution in [3.05, 3.63) is 60.3 Å². The van der Waals surface area contributed by atoms with E-state index in [9.17, 15) is 13.2 Å². The minimum Gasteiger partial charge on any atom is -0.306 e. The van der Waals surface area contributed by atoms with E-state index >= 15 is 0 Å². The van der Waals surface area contributed by atoms with Crippen LogP contribution in [0.15, 0.2) is 54.7 Å². The molecular formula is C17H12F3N3. The number of halogens is 3. The number of alkyl halides is 3. The predicted octanol–water partition coefficient (Wildman–Crippen LogP) is 4.54. The fourth-order valence-corrected chi connectivity index (χ4v) is 2.82. The van der Waals surface area contributed by atoms with Crippen LogP contribution in [0.1, 0.15) is 6.93 Å². The molecule has 0 saturated heterocycles. The summed E-state index contributed by atoms with van der Waals surface area (Å²) in [6.07, 6.45) is -2.66. The first-order chi connectivity index (χ1) is 11.4. The Kier molecular flexibility index (Phi) is 2.56. The lowest BCUT2D eigenvalue weighted by Gasteiger charge is -2.10. The van der Waals surface area contributed by atoms with Crippen LogP contribution in [0.4, 0.5) is 13.2 Å². The summed E-state index contributed by atoms with van der Waals surface area (Å²) in [7, 11) is 1.79. The summed E-state index contributed by atoms with van der Waals surface area (Å²) in [5, 5.41) is 5.32. The Bertz CT molecular complexity index is 1080. The molecule has 0 radical (unpaired) electrons. The maximum atomic E-state index is 12.8. The highest BCUT2D eigenvalue weighted by atomic mass is 19.4. The van der Waals surface area contributed by atoms with Gasteiger partial charge in [-0.15, -0.1) is 0 Å². The first kappa shape index (κ1) is 12.8. The lowest BCUT2D eigenvalue weighted by atomic mass is 10.2. The molecule has 0 aliphatic heterocycles. The van der Waals surface area contributed by atoms with Crippen molar-refractivity contribution in [1.29, 1.82) is 0 Å². The van der Waals surface area contributed by atoms with Crippen molar-refractivity contribution < 1.29 is 14.5 Å². The molecule has 4 rings (SSSR count). The van der Waals surface area contributed by atoms with E-state index in [4.69, 9.17) is 1.37 Å². The fourth-order valence-electron chi connectivity index (χ4n) is 2.82. The quantitative estimate of drug-likeness (QED) is 0.506. The summed E-state index contributed by atoms with van der Waals surface area (Å²) in [4.78, 5) is 0. The second-order valence-corrected chi connectivity index (χ2v) is 5.35. The molecule has 0 fully saturated rings. The minimum absolute atomic E-state index is 0.184. The minimum atomic E-state index is -4.46. The zero-order valence-corrected chi connectivity index (χ0v) is 12.1. The molecular weight excluding hydrogens is 303 g/mol. The maximum Gasteiger partial charge on any atom is 0.416 e. The molecule has 6 heteroatoms. The lowest BCUT2D eigenvalue weighted by Crippen LogP contribution is -2.05. The van der Waals surface area contributed by atoms with Gasteiger partial charge in [0.15, 0.2) is 0 Å². The van der Waals surface area contributed by atoms with Crippen molar-refractivity contribution in [3.8, 4) is 5.69 Å². The molecule has 2 heterocycles. The van der Waals surface area contributed by atoms with Gasteiger partial charge in [-0.3, -0.25) is 4.68 Å². The van der Waals surface area contributed by atoms with Crippen molar-refractivity contribution in [2.45, 2.75) is 6.18 Å². The Balaban J connectivity index is 2.05. The summed E-state index contributed by atoms with van der Waals surface area (Å²) in [5.41, 5.74) is 1.89. The van der Waals surface area contributed by atoms with Gasteiger partial charge in [-0.05, 0) is 30.3 Å². The molecule has 0 bridgehead atoms. The van der Waals surface area contributed by atoms with Gasteiger partial charge in [0, 0.05) is 24.3 Å². The van der Waals surface area contributed by atoms with Crippen molar-refractivity contribution in [2.75, 3.05) is 0 Å². The van der Waals surface area contributed by atoms with Crippen molar-refractivity contribution in [1.82, 2.24) is 14.3 Å². The van der Waals surface area contributed by atoms with Crippen LogP contribution in [-0.4, -0.2) is 14.3 Å². The average molecular weight is 316 g/mol. The van der Waals surface area contributed by atoms with Crippen LogP contribution in [0, 0.1) is 0 Å². The van der Waals surface area contributed by atoms with Crippen molar-refractivity contribution in [2.24, 2.45) is 7.05 Å². The third-order valence-electron chi connectivity index (χ3n) is 3.81. The van der Waals surface area contributed by atoms with Gasteiger partial charge in [0.1, 0.15) is 5.52 Å². The highest BCUT2D eigenvalue weighted by molar-refractivity contribution is 6.06. The largest absolute Gasteiger partial charge is 0.416 e. The van der Waals surface area contributed by atoms with Crippen molar-refractivity contribution in [3.63, 3.8) is 0 Å². The van der Waals surface area contributed by atoms with Gasteiger partial charge < -0.3 is 4.57 Å². The molecule has 2 aromatic heterocycles. The van der Waals surface area contributed by atoms with Gasteiger partial charge in [-0.1, -0.05) is 18.2 Å². The molecule has 4 aromatic rings. The Morgan fingerprint density at radius 1 is 1.04 bits per heavy atom. The summed E-state index contributed by atoms with van der Waals surface area (Å²) in [6, 6.07) is 10.5. The normalized spacial score (nSPS) is 13.0. The Morgan fingerprint density at radius 3 is 2.57 bits per heavy atom. The molecule has 116 valence electrons. The first-order valence-electron chi connectivity index (χ1n) is 7.47. The molecule has 0 unspecified atom stereocenters. The Morgan fingerprint density at radius 2 is 1.83 bits per heavy atom. The summed E-state index contributed by atoms with van der Waals surface area (Å²) >= 11 is 0. The average Bonchev–Trinajstić information content (AvgIpc) is 3.02. The number of para-hydroxylation sites is 1. The lowest BCUT2D eigenvalue weighted by molar-refractivity contribution is -0.137. The van der Waals surface area contributed by atoms with E-state index in [2.05, 4.69) is 5.10 Å². The number of aromatic nitrogens is 3. The maximum absolute atomic E-state index is 12.8. The van der Waals surface area contributed by atoms with E-state index in [-0.39, 0.29) is 6.04 Å². The molecule has 0 spiro atoms. The van der Waals surface area contributed by atoms with Gasteiger partial charge in [0.2, 0.25) is 0 Å². The highest BCUT2D eigenvalue weighted by Crippen LogP contribution is 2.33. The van der Waals surface area contributed by atoms with Crippen LogP contribution < -0.4 is 0 Å². The van der Waals surface area contributed by atoms with Crippen LogP contribution in [0.25, 0.3) is 27.6 Å². The van der Waals surface area contributed by atoms with Gasteiger partial charge in [0.05, 0.1) is 18.0 Å². The van der Waals surface area contributed by atoms with Crippen LogP contribution in [-0.2, 0) is 13.2 Å². The third kappa shape index (κ3) is 2.10. The molecule has 0 amide bonds. The number of nitrogens with zero attached hydrogens (tertiary/aromatic N) is 3. The molecule has 0 atom stereocenters. The van der Waals surface area contributed by atoms with E-state index < -0.39 is 11.7 Å². The van der Waals surface area contributed by atoms with E-state index in [1.165, 1.54) is 6.07 Å². The van der Waals surface area contributed by atoms with Crippen LogP contribution in [0.3, 0.4) is 0 Å². The van der Waals surface area contributed by atoms with E-state index in [1.807, 2.05) is 24.3 Å². The van der Waals surface area contributed by atoms with Crippen LogP contribution >= 0.6 is 0 Å². The predicted molar refractivity (Wildman–Crippen MR) is 82.5 cm³/mol. The molecule has 23 heavy (non-hydrogen) atoms. The molecule has 0 aliphatic carbocycles. The smallest absolute Gasteiger partial charge is 0.306 e. The van der Waals surface area contributed by atoms with E-state index in [0.717, 1.165) is 34.1 Å². The number of hydrogen-bond donors (Lipinski definition) is 0. The summed E-state index contributed by atoms with van der Waals surface area (Å²) in [6.45, 7) is 0. The van der Waals surface area contributed by atoms with E-state index in [1.54, 1.807) is 22.5 Å². The molecule has 0 saturated carbocycles. The van der Waals surface area contributed by atoms with Crippen LogP contribution in [0.5, 0.6) is 0 Å². The topological polar surface area (TPSA) is 22.8 Å². The van der Waals surface area contributed by atoms with Gasteiger partial charge >= 0.3 is 6.18 Å². The van der Waals surface area contributed by atoms with Crippen molar-refractivity contribution >= 4 is 21.9 Å². The highest BCUT2D eigenvalue weighted by Gasteiger charge is 2.30. The van der Waals surface area contributed by atoms with Gasteiger partial charge in [-0.2, -0.15) is 18.3 Å². The standard InChI is InChI=1S/C17H12F3N3/c1-22-10-15-16(21-22)13-4-2-3-5-14(13)23(15)12-8-6-11(7-9-12)17(18,19)20/h2-10H,1H3/i8D. The molecule has 0 aliphatic rings. The molecule has 3 nitrogen and oxygen atoms in total. The number of hydrogen-bond acceptors (Lipinski definition) is 1. The third-order valence-corrected chi connectivity index (χ3v) is 3.81. The second-order valence-electron chi connectivity index (χ2n) is 5.35. The Labute approximate surface area is 131 Å². The zero-order valence-electron chi connectivity index (χ0n) is 13.1. The first-order valence-corrected chi connectivity index (χ1v) is 6.97. The molecule has 2 aromatic carbocycles. The Hall–Kier alpha value is -2.76. The van der Waals surface area contributed by atoms with Gasteiger partial charge in [-0.25, -0.2) is 0 Å². The SMILES string of the molecule is [2H]c1cc(C(F)(F)F)ccc1-n1c2ccccc2c2nn(C)cc21. The fraction of sp³-hybridized carbons (Fsp3) is 0.118. The second kappa shape index (κ2) is 4.62. The number of fused-ring (bicyclic) bond motifs is 3. The zero-order chi connectivity index (χ0) is 17.1. The van der Waals surface area contributed by atoms with Gasteiger partial charge in [0.25, 0.3) is 0 Å². The monoisotopic (exact) mass is 316 g/mol. The number of benzene rings is 2. The van der Waals surface area contributed by atoms with Crippen LogP contribution in [0.2, 0.25) is 0 Å². The number of rotatable bonds is 1.